The second-order valence-electron chi connectivity index (χ2n) is 5.04. The van der Waals surface area contributed by atoms with Crippen molar-refractivity contribution in [3.8, 4) is 0 Å². The maximum Gasteiger partial charge on any atom is 0.391 e. The standard InChI is InChI=1S/C13H23F3O2/c1-4-11(9(2)13(14,15)16)10(3)18-12-7-5-6-8-17-12/h9-12H,4-8H2,1-3H3/t9?,10?,11-,12?/m0/s1. The van der Waals surface area contributed by atoms with Crippen molar-refractivity contribution in [2.24, 2.45) is 11.8 Å². The normalized spacial score (nSPS) is 26.7. The lowest BCUT2D eigenvalue weighted by Gasteiger charge is -2.33. The zero-order chi connectivity index (χ0) is 13.8. The number of alkyl halides is 3. The molecule has 0 amide bonds. The van der Waals surface area contributed by atoms with E-state index in [1.54, 1.807) is 13.8 Å². The lowest BCUT2D eigenvalue weighted by Crippen LogP contribution is -2.38. The Hall–Kier alpha value is -0.290. The molecule has 0 N–H and O–H groups in total. The van der Waals surface area contributed by atoms with Crippen molar-refractivity contribution in [1.82, 2.24) is 0 Å². The fourth-order valence-electron chi connectivity index (χ4n) is 2.49. The Balaban J connectivity index is 2.53. The first-order valence-electron chi connectivity index (χ1n) is 6.70. The molecule has 0 aromatic carbocycles. The molecule has 18 heavy (non-hydrogen) atoms. The van der Waals surface area contributed by atoms with Crippen molar-refractivity contribution in [3.05, 3.63) is 0 Å². The van der Waals surface area contributed by atoms with Crippen LogP contribution in [0.3, 0.4) is 0 Å². The molecule has 0 aromatic rings. The first kappa shape index (κ1) is 15.8. The average Bonchev–Trinajstić information content (AvgIpc) is 2.29. The van der Waals surface area contributed by atoms with E-state index in [2.05, 4.69) is 0 Å². The van der Waals surface area contributed by atoms with Gasteiger partial charge < -0.3 is 9.47 Å². The van der Waals surface area contributed by atoms with Crippen LogP contribution in [0, 0.1) is 11.8 Å². The number of halogens is 3. The molecular formula is C13H23F3O2. The van der Waals surface area contributed by atoms with E-state index >= 15 is 0 Å². The third-order valence-electron chi connectivity index (χ3n) is 3.74. The first-order chi connectivity index (χ1) is 8.36. The molecular weight excluding hydrogens is 245 g/mol. The van der Waals surface area contributed by atoms with Crippen molar-refractivity contribution >= 4 is 0 Å². The van der Waals surface area contributed by atoms with Crippen LogP contribution in [0.4, 0.5) is 13.2 Å². The summed E-state index contributed by atoms with van der Waals surface area (Å²) in [4.78, 5) is 0. The molecule has 0 aromatic heterocycles. The summed E-state index contributed by atoms with van der Waals surface area (Å²) in [6.45, 7) is 5.36. The van der Waals surface area contributed by atoms with E-state index in [-0.39, 0.29) is 6.29 Å². The van der Waals surface area contributed by atoms with E-state index in [9.17, 15) is 13.2 Å². The Labute approximate surface area is 107 Å². The summed E-state index contributed by atoms with van der Waals surface area (Å²) in [6, 6.07) is 0. The molecule has 1 fully saturated rings. The van der Waals surface area contributed by atoms with Gasteiger partial charge in [-0.05, 0) is 32.1 Å². The minimum absolute atomic E-state index is 0.330. The van der Waals surface area contributed by atoms with Gasteiger partial charge in [0.1, 0.15) is 0 Å². The van der Waals surface area contributed by atoms with E-state index in [1.807, 2.05) is 0 Å². The summed E-state index contributed by atoms with van der Waals surface area (Å²) in [7, 11) is 0. The van der Waals surface area contributed by atoms with Crippen LogP contribution in [0.25, 0.3) is 0 Å². The summed E-state index contributed by atoms with van der Waals surface area (Å²) in [5.41, 5.74) is 0. The van der Waals surface area contributed by atoms with Gasteiger partial charge in [-0.3, -0.25) is 0 Å². The Kier molecular flexibility index (Phi) is 5.92. The molecule has 0 spiro atoms. The number of hydrogen-bond acceptors (Lipinski definition) is 2. The molecule has 1 aliphatic rings. The molecule has 3 unspecified atom stereocenters. The molecule has 1 aliphatic heterocycles. The molecule has 2 nitrogen and oxygen atoms in total. The van der Waals surface area contributed by atoms with E-state index in [4.69, 9.17) is 9.47 Å². The van der Waals surface area contributed by atoms with Crippen molar-refractivity contribution in [2.45, 2.75) is 65.0 Å². The maximum atomic E-state index is 12.7. The van der Waals surface area contributed by atoms with Crippen LogP contribution < -0.4 is 0 Å². The summed E-state index contributed by atoms with van der Waals surface area (Å²) < 4.78 is 49.3. The number of rotatable bonds is 5. The predicted octanol–water partition coefficient (Wildman–Crippen LogP) is 4.14. The summed E-state index contributed by atoms with van der Waals surface area (Å²) in [5.74, 6) is -1.86. The molecule has 1 rings (SSSR count). The highest BCUT2D eigenvalue weighted by Crippen LogP contribution is 2.36. The Morgan fingerprint density at radius 2 is 1.94 bits per heavy atom. The van der Waals surface area contributed by atoms with E-state index in [0.717, 1.165) is 19.3 Å². The number of ether oxygens (including phenoxy) is 2. The largest absolute Gasteiger partial charge is 0.391 e. The molecule has 1 heterocycles. The van der Waals surface area contributed by atoms with Gasteiger partial charge in [0.05, 0.1) is 12.0 Å². The quantitative estimate of drug-likeness (QED) is 0.746. The molecule has 4 atom stereocenters. The smallest absolute Gasteiger partial charge is 0.353 e. The second kappa shape index (κ2) is 6.75. The zero-order valence-electron chi connectivity index (χ0n) is 11.3. The molecule has 5 heteroatoms. The van der Waals surface area contributed by atoms with Gasteiger partial charge in [0.25, 0.3) is 0 Å². The van der Waals surface area contributed by atoms with Gasteiger partial charge in [-0.1, -0.05) is 20.3 Å². The van der Waals surface area contributed by atoms with Crippen LogP contribution in [-0.2, 0) is 9.47 Å². The average molecular weight is 268 g/mol. The fraction of sp³-hybridized carbons (Fsp3) is 1.00. The first-order valence-corrected chi connectivity index (χ1v) is 6.70. The Morgan fingerprint density at radius 3 is 2.39 bits per heavy atom. The number of hydrogen-bond donors (Lipinski definition) is 0. The topological polar surface area (TPSA) is 18.5 Å². The summed E-state index contributed by atoms with van der Waals surface area (Å²) in [6.07, 6.45) is -1.67. The predicted molar refractivity (Wildman–Crippen MR) is 63.1 cm³/mol. The van der Waals surface area contributed by atoms with Crippen LogP contribution in [0.5, 0.6) is 0 Å². The van der Waals surface area contributed by atoms with Crippen LogP contribution in [0.15, 0.2) is 0 Å². The minimum Gasteiger partial charge on any atom is -0.353 e. The molecule has 1 saturated heterocycles. The lowest BCUT2D eigenvalue weighted by atomic mass is 9.86. The van der Waals surface area contributed by atoms with Crippen molar-refractivity contribution in [1.29, 1.82) is 0 Å². The molecule has 0 aliphatic carbocycles. The highest BCUT2D eigenvalue weighted by Gasteiger charge is 2.43. The maximum absolute atomic E-state index is 12.7. The molecule has 0 radical (unpaired) electrons. The van der Waals surface area contributed by atoms with E-state index in [1.165, 1.54) is 6.92 Å². The van der Waals surface area contributed by atoms with Crippen LogP contribution in [0.1, 0.15) is 46.5 Å². The van der Waals surface area contributed by atoms with Gasteiger partial charge in [-0.2, -0.15) is 13.2 Å². The van der Waals surface area contributed by atoms with Gasteiger partial charge in [0.2, 0.25) is 0 Å². The van der Waals surface area contributed by atoms with E-state index < -0.39 is 24.1 Å². The van der Waals surface area contributed by atoms with Crippen LogP contribution in [0.2, 0.25) is 0 Å². The van der Waals surface area contributed by atoms with Gasteiger partial charge in [-0.25, -0.2) is 0 Å². The van der Waals surface area contributed by atoms with Crippen molar-refractivity contribution < 1.29 is 22.6 Å². The third kappa shape index (κ3) is 4.43. The molecule has 0 bridgehead atoms. The summed E-state index contributed by atoms with van der Waals surface area (Å²) in [5, 5.41) is 0. The molecule has 0 saturated carbocycles. The highest BCUT2D eigenvalue weighted by molar-refractivity contribution is 4.77. The van der Waals surface area contributed by atoms with E-state index in [0.29, 0.717) is 13.0 Å². The SMILES string of the molecule is CC[C@H](C(C)OC1CCCCO1)C(C)C(F)(F)F. The summed E-state index contributed by atoms with van der Waals surface area (Å²) >= 11 is 0. The minimum atomic E-state index is -4.16. The van der Waals surface area contributed by atoms with Gasteiger partial charge in [0.15, 0.2) is 6.29 Å². The van der Waals surface area contributed by atoms with Crippen LogP contribution in [-0.4, -0.2) is 25.2 Å². The molecule has 108 valence electrons. The fourth-order valence-corrected chi connectivity index (χ4v) is 2.49. The van der Waals surface area contributed by atoms with Gasteiger partial charge in [0, 0.05) is 6.61 Å². The Bertz CT molecular complexity index is 237. The van der Waals surface area contributed by atoms with Gasteiger partial charge in [-0.15, -0.1) is 0 Å². The third-order valence-corrected chi connectivity index (χ3v) is 3.74. The van der Waals surface area contributed by atoms with Crippen LogP contribution >= 0.6 is 0 Å². The van der Waals surface area contributed by atoms with Gasteiger partial charge >= 0.3 is 6.18 Å². The lowest BCUT2D eigenvalue weighted by molar-refractivity contribution is -0.227. The Morgan fingerprint density at radius 1 is 1.28 bits per heavy atom. The highest BCUT2D eigenvalue weighted by atomic mass is 19.4. The van der Waals surface area contributed by atoms with Crippen molar-refractivity contribution in [3.63, 3.8) is 0 Å². The van der Waals surface area contributed by atoms with Crippen molar-refractivity contribution in [2.75, 3.05) is 6.61 Å². The monoisotopic (exact) mass is 268 g/mol. The second-order valence-corrected chi connectivity index (χ2v) is 5.04. The zero-order valence-corrected chi connectivity index (χ0v) is 11.3.